The fraction of sp³-hybridized carbons (Fsp3) is 0.533. The van der Waals surface area contributed by atoms with Gasteiger partial charge in [-0.2, -0.15) is 0 Å². The van der Waals surface area contributed by atoms with Gasteiger partial charge in [0.1, 0.15) is 5.75 Å². The molecule has 1 atom stereocenters. The highest BCUT2D eigenvalue weighted by Crippen LogP contribution is 2.36. The van der Waals surface area contributed by atoms with E-state index in [1.54, 1.807) is 11.9 Å². The average Bonchev–Trinajstić information content (AvgIpc) is 2.80. The minimum Gasteiger partial charge on any atom is -0.410 e. The van der Waals surface area contributed by atoms with Crippen molar-refractivity contribution in [3.05, 3.63) is 29.3 Å². The second-order valence-corrected chi connectivity index (χ2v) is 5.26. The average molecular weight is 299 g/mol. The smallest absolute Gasteiger partial charge is 0.410 e. The summed E-state index contributed by atoms with van der Waals surface area (Å²) in [6.07, 6.45) is 1.93. The van der Waals surface area contributed by atoms with Crippen LogP contribution in [0.4, 0.5) is 4.79 Å². The lowest BCUT2D eigenvalue weighted by atomic mass is 10.1. The Morgan fingerprint density at radius 2 is 2.05 bits per heavy atom. The third-order valence-electron chi connectivity index (χ3n) is 3.78. The lowest BCUT2D eigenvalue weighted by Crippen LogP contribution is -2.29. The number of carbonyl (C=O) groups excluding carboxylic acids is 1. The van der Waals surface area contributed by atoms with E-state index >= 15 is 0 Å². The summed E-state index contributed by atoms with van der Waals surface area (Å²) in [5, 5.41) is 0. The van der Waals surface area contributed by atoms with Crippen LogP contribution >= 0.6 is 12.4 Å². The van der Waals surface area contributed by atoms with E-state index in [0.717, 1.165) is 12.8 Å². The van der Waals surface area contributed by atoms with E-state index < -0.39 is 0 Å². The van der Waals surface area contributed by atoms with Gasteiger partial charge in [-0.25, -0.2) is 4.79 Å². The van der Waals surface area contributed by atoms with E-state index in [0.29, 0.717) is 18.3 Å². The quantitative estimate of drug-likeness (QED) is 0.859. The number of hydrogen-bond donors (Lipinski definition) is 0. The Balaban J connectivity index is 0.00000200. The topological polar surface area (TPSA) is 32.8 Å². The first-order valence-electron chi connectivity index (χ1n) is 6.75. The van der Waals surface area contributed by atoms with Crippen molar-refractivity contribution in [2.75, 3.05) is 27.7 Å². The van der Waals surface area contributed by atoms with Crippen LogP contribution in [0.15, 0.2) is 18.2 Å². The number of aryl methyl sites for hydroxylation is 1. The van der Waals surface area contributed by atoms with Gasteiger partial charge in [0.2, 0.25) is 0 Å². The molecule has 5 heteroatoms. The standard InChI is InChI=1S/C15H22N2O2.ClH/c1-5-17(4)15(18)19-12-8-6-11-7-9-14(16(2)3)13(11)10-12;/h6,8,10,14H,5,7,9H2,1-4H3;1H/t14-;/m1./s1. The van der Waals surface area contributed by atoms with Gasteiger partial charge in [0.05, 0.1) is 0 Å². The van der Waals surface area contributed by atoms with Crippen LogP contribution in [0, 0.1) is 0 Å². The number of carbonyl (C=O) groups is 1. The number of amides is 1. The molecule has 0 aliphatic heterocycles. The van der Waals surface area contributed by atoms with Gasteiger partial charge in [-0.1, -0.05) is 6.07 Å². The van der Waals surface area contributed by atoms with Crippen LogP contribution in [0.1, 0.15) is 30.5 Å². The Bertz CT molecular complexity index is 477. The zero-order valence-corrected chi connectivity index (χ0v) is 13.4. The van der Waals surface area contributed by atoms with Gasteiger partial charge in [-0.05, 0) is 57.1 Å². The number of benzene rings is 1. The molecule has 2 rings (SSSR count). The van der Waals surface area contributed by atoms with Crippen LogP contribution in [0.5, 0.6) is 5.75 Å². The molecule has 112 valence electrons. The third-order valence-corrected chi connectivity index (χ3v) is 3.78. The summed E-state index contributed by atoms with van der Waals surface area (Å²) in [5.74, 6) is 0.637. The van der Waals surface area contributed by atoms with E-state index in [9.17, 15) is 4.79 Å². The second-order valence-electron chi connectivity index (χ2n) is 5.26. The molecule has 1 aliphatic rings. The molecule has 0 spiro atoms. The maximum Gasteiger partial charge on any atom is 0.414 e. The SMILES string of the molecule is CCN(C)C(=O)Oc1ccc2c(c1)[C@H](N(C)C)CC2.Cl. The predicted octanol–water partition coefficient (Wildman–Crippen LogP) is 3.11. The Labute approximate surface area is 127 Å². The number of nitrogens with zero attached hydrogens (tertiary/aromatic N) is 2. The zero-order valence-electron chi connectivity index (χ0n) is 12.5. The molecule has 1 aliphatic carbocycles. The molecule has 0 heterocycles. The minimum atomic E-state index is -0.304. The summed E-state index contributed by atoms with van der Waals surface area (Å²) < 4.78 is 5.39. The van der Waals surface area contributed by atoms with E-state index in [-0.39, 0.29) is 18.5 Å². The Morgan fingerprint density at radius 1 is 1.35 bits per heavy atom. The number of rotatable bonds is 3. The van der Waals surface area contributed by atoms with Crippen molar-refractivity contribution < 1.29 is 9.53 Å². The number of hydrogen-bond acceptors (Lipinski definition) is 3. The summed E-state index contributed by atoms with van der Waals surface area (Å²) in [6.45, 7) is 2.57. The summed E-state index contributed by atoms with van der Waals surface area (Å²) >= 11 is 0. The van der Waals surface area contributed by atoms with Gasteiger partial charge >= 0.3 is 6.09 Å². The lowest BCUT2D eigenvalue weighted by Gasteiger charge is -2.20. The molecule has 0 saturated heterocycles. The number of fused-ring (bicyclic) bond motifs is 1. The van der Waals surface area contributed by atoms with Crippen LogP contribution in [0.3, 0.4) is 0 Å². The van der Waals surface area contributed by atoms with Gasteiger partial charge in [0, 0.05) is 19.6 Å². The molecule has 0 saturated carbocycles. The lowest BCUT2D eigenvalue weighted by molar-refractivity contribution is 0.165. The molecule has 0 radical (unpaired) electrons. The fourth-order valence-electron chi connectivity index (χ4n) is 2.47. The number of ether oxygens (including phenoxy) is 1. The molecule has 20 heavy (non-hydrogen) atoms. The summed E-state index contributed by atoms with van der Waals surface area (Å²) in [4.78, 5) is 15.5. The van der Waals surface area contributed by atoms with Gasteiger partial charge < -0.3 is 14.5 Å². The van der Waals surface area contributed by atoms with Crippen molar-refractivity contribution in [2.24, 2.45) is 0 Å². The van der Waals surface area contributed by atoms with E-state index in [4.69, 9.17) is 4.74 Å². The molecular weight excluding hydrogens is 276 g/mol. The second kappa shape index (κ2) is 6.95. The predicted molar refractivity (Wildman–Crippen MR) is 82.8 cm³/mol. The van der Waals surface area contributed by atoms with Crippen molar-refractivity contribution in [3.63, 3.8) is 0 Å². The molecule has 0 aromatic heterocycles. The van der Waals surface area contributed by atoms with Crippen molar-refractivity contribution in [3.8, 4) is 5.75 Å². The first-order chi connectivity index (χ1) is 9.02. The van der Waals surface area contributed by atoms with Crippen molar-refractivity contribution in [1.82, 2.24) is 9.80 Å². The molecule has 1 amide bonds. The molecule has 0 bridgehead atoms. The van der Waals surface area contributed by atoms with Crippen LogP contribution in [-0.4, -0.2) is 43.6 Å². The highest BCUT2D eigenvalue weighted by molar-refractivity contribution is 5.85. The van der Waals surface area contributed by atoms with Crippen LogP contribution in [-0.2, 0) is 6.42 Å². The van der Waals surface area contributed by atoms with Gasteiger partial charge in [0.15, 0.2) is 0 Å². The molecule has 0 fully saturated rings. The van der Waals surface area contributed by atoms with E-state index in [2.05, 4.69) is 25.1 Å². The molecular formula is C15H23ClN2O2. The maximum absolute atomic E-state index is 11.8. The Morgan fingerprint density at radius 3 is 2.65 bits per heavy atom. The van der Waals surface area contributed by atoms with Crippen molar-refractivity contribution in [2.45, 2.75) is 25.8 Å². The first kappa shape index (κ1) is 16.8. The normalized spacial score (nSPS) is 16.6. The zero-order chi connectivity index (χ0) is 14.0. The highest BCUT2D eigenvalue weighted by atomic mass is 35.5. The Kier molecular flexibility index (Phi) is 5.84. The highest BCUT2D eigenvalue weighted by Gasteiger charge is 2.24. The van der Waals surface area contributed by atoms with Crippen molar-refractivity contribution >= 4 is 18.5 Å². The fourth-order valence-corrected chi connectivity index (χ4v) is 2.47. The summed E-state index contributed by atoms with van der Waals surface area (Å²) in [7, 11) is 5.91. The monoisotopic (exact) mass is 298 g/mol. The molecule has 1 aromatic rings. The van der Waals surface area contributed by atoms with Crippen molar-refractivity contribution in [1.29, 1.82) is 0 Å². The molecule has 0 N–H and O–H groups in total. The maximum atomic E-state index is 11.8. The first-order valence-corrected chi connectivity index (χ1v) is 6.75. The van der Waals surface area contributed by atoms with Gasteiger partial charge in [-0.15, -0.1) is 12.4 Å². The summed E-state index contributed by atoms with van der Waals surface area (Å²) in [5.41, 5.74) is 2.65. The van der Waals surface area contributed by atoms with Gasteiger partial charge in [-0.3, -0.25) is 0 Å². The number of halogens is 1. The van der Waals surface area contributed by atoms with E-state index in [1.165, 1.54) is 11.1 Å². The largest absolute Gasteiger partial charge is 0.414 e. The van der Waals surface area contributed by atoms with Crippen LogP contribution in [0.2, 0.25) is 0 Å². The van der Waals surface area contributed by atoms with Crippen LogP contribution in [0.25, 0.3) is 0 Å². The molecule has 1 aromatic carbocycles. The minimum absolute atomic E-state index is 0. The third kappa shape index (κ3) is 3.44. The van der Waals surface area contributed by atoms with Crippen LogP contribution < -0.4 is 4.74 Å². The molecule has 4 nitrogen and oxygen atoms in total. The van der Waals surface area contributed by atoms with E-state index in [1.807, 2.05) is 19.1 Å². The summed E-state index contributed by atoms with van der Waals surface area (Å²) in [6, 6.07) is 6.40. The Hall–Kier alpha value is -1.26. The molecule has 0 unspecified atom stereocenters. The van der Waals surface area contributed by atoms with Gasteiger partial charge in [0.25, 0.3) is 0 Å².